The van der Waals surface area contributed by atoms with Crippen LogP contribution in [0.5, 0.6) is 0 Å². The topological polar surface area (TPSA) is 3.24 Å². The molecule has 0 spiro atoms. The van der Waals surface area contributed by atoms with E-state index in [4.69, 9.17) is 0 Å². The second kappa shape index (κ2) is 6.79. The van der Waals surface area contributed by atoms with Crippen LogP contribution in [0.4, 0.5) is 0 Å². The first-order chi connectivity index (χ1) is 10.3. The summed E-state index contributed by atoms with van der Waals surface area (Å²) in [6, 6.07) is 11.6. The van der Waals surface area contributed by atoms with E-state index in [0.717, 1.165) is 5.92 Å². The average Bonchev–Trinajstić information content (AvgIpc) is 3.03. The summed E-state index contributed by atoms with van der Waals surface area (Å²) in [5, 5.41) is 0. The quantitative estimate of drug-likeness (QED) is 0.673. The Morgan fingerprint density at radius 3 is 2.24 bits per heavy atom. The molecule has 2 aliphatic rings. The molecular formula is C20H29N. The van der Waals surface area contributed by atoms with Crippen molar-refractivity contribution in [2.75, 3.05) is 14.1 Å². The fourth-order valence-corrected chi connectivity index (χ4v) is 4.45. The number of nitrogens with zero attached hydrogens (tertiary/aromatic N) is 1. The maximum Gasteiger partial charge on any atom is 0.0558 e. The van der Waals surface area contributed by atoms with E-state index in [2.05, 4.69) is 49.3 Å². The Labute approximate surface area is 130 Å². The van der Waals surface area contributed by atoms with E-state index in [-0.39, 0.29) is 0 Å². The lowest BCUT2D eigenvalue weighted by Gasteiger charge is -2.34. The van der Waals surface area contributed by atoms with Crippen LogP contribution in [-0.4, -0.2) is 19.0 Å². The summed E-state index contributed by atoms with van der Waals surface area (Å²) >= 11 is 0. The molecule has 0 amide bonds. The molecule has 1 atom stereocenters. The largest absolute Gasteiger partial charge is 0.299 e. The van der Waals surface area contributed by atoms with Gasteiger partial charge in [-0.2, -0.15) is 0 Å². The van der Waals surface area contributed by atoms with Crippen molar-refractivity contribution >= 4 is 0 Å². The van der Waals surface area contributed by atoms with Crippen molar-refractivity contribution in [3.63, 3.8) is 0 Å². The number of allylic oxidation sites excluding steroid dienone is 1. The van der Waals surface area contributed by atoms with Crippen molar-refractivity contribution in [2.45, 2.75) is 57.4 Å². The number of rotatable bonds is 4. The standard InChI is InChI=1S/C20H29N/c1-21(2)20(17-12-4-3-5-13-17)19-15-9-8-14-18(19)16-10-6-7-11-16/h3-5,12-13,16,20H,6-11,14-15H2,1-2H3. The van der Waals surface area contributed by atoms with Gasteiger partial charge in [-0.1, -0.05) is 48.7 Å². The summed E-state index contributed by atoms with van der Waals surface area (Å²) in [4.78, 5) is 2.42. The van der Waals surface area contributed by atoms with Gasteiger partial charge in [-0.3, -0.25) is 4.90 Å². The van der Waals surface area contributed by atoms with Crippen LogP contribution < -0.4 is 0 Å². The number of hydrogen-bond acceptors (Lipinski definition) is 1. The maximum atomic E-state index is 2.42. The lowest BCUT2D eigenvalue weighted by Crippen LogP contribution is -2.25. The van der Waals surface area contributed by atoms with Crippen molar-refractivity contribution in [1.29, 1.82) is 0 Å². The molecule has 114 valence electrons. The molecule has 1 nitrogen and oxygen atoms in total. The second-order valence-electron chi connectivity index (χ2n) is 7.02. The van der Waals surface area contributed by atoms with Gasteiger partial charge in [-0.05, 0) is 69.7 Å². The Morgan fingerprint density at radius 1 is 0.905 bits per heavy atom. The maximum absolute atomic E-state index is 2.42. The fourth-order valence-electron chi connectivity index (χ4n) is 4.45. The zero-order valence-electron chi connectivity index (χ0n) is 13.6. The lowest BCUT2D eigenvalue weighted by molar-refractivity contribution is 0.319. The number of benzene rings is 1. The SMILES string of the molecule is CN(C)C(C1=C(C2CCCC2)CCCC1)c1ccccc1. The zero-order valence-corrected chi connectivity index (χ0v) is 13.6. The molecule has 2 aliphatic carbocycles. The molecule has 1 saturated carbocycles. The van der Waals surface area contributed by atoms with Crippen LogP contribution in [0.25, 0.3) is 0 Å². The van der Waals surface area contributed by atoms with E-state index in [1.807, 2.05) is 5.57 Å². The van der Waals surface area contributed by atoms with Gasteiger partial charge in [-0.15, -0.1) is 0 Å². The van der Waals surface area contributed by atoms with Crippen LogP contribution in [-0.2, 0) is 0 Å². The minimum atomic E-state index is 0.488. The Kier molecular flexibility index (Phi) is 4.80. The van der Waals surface area contributed by atoms with E-state index in [0.29, 0.717) is 6.04 Å². The molecule has 0 bridgehead atoms. The van der Waals surface area contributed by atoms with Crippen molar-refractivity contribution in [2.24, 2.45) is 5.92 Å². The monoisotopic (exact) mass is 283 g/mol. The molecule has 1 aromatic rings. The molecule has 1 aromatic carbocycles. The fraction of sp³-hybridized carbons (Fsp3) is 0.600. The lowest BCUT2D eigenvalue weighted by atomic mass is 9.78. The van der Waals surface area contributed by atoms with Crippen molar-refractivity contribution in [1.82, 2.24) is 4.90 Å². The van der Waals surface area contributed by atoms with Gasteiger partial charge in [0.1, 0.15) is 0 Å². The normalized spacial score (nSPS) is 22.0. The molecule has 1 unspecified atom stereocenters. The smallest absolute Gasteiger partial charge is 0.0558 e. The highest BCUT2D eigenvalue weighted by Gasteiger charge is 2.29. The van der Waals surface area contributed by atoms with Gasteiger partial charge >= 0.3 is 0 Å². The van der Waals surface area contributed by atoms with Gasteiger partial charge in [0.25, 0.3) is 0 Å². The summed E-state index contributed by atoms with van der Waals surface area (Å²) in [6.45, 7) is 0. The van der Waals surface area contributed by atoms with Gasteiger partial charge in [-0.25, -0.2) is 0 Å². The molecule has 1 fully saturated rings. The minimum Gasteiger partial charge on any atom is -0.299 e. The molecule has 0 aliphatic heterocycles. The Balaban J connectivity index is 1.98. The Bertz CT molecular complexity index is 480. The van der Waals surface area contributed by atoms with Gasteiger partial charge in [0.05, 0.1) is 6.04 Å². The predicted molar refractivity (Wildman–Crippen MR) is 90.3 cm³/mol. The summed E-state index contributed by atoms with van der Waals surface area (Å²) in [6.07, 6.45) is 11.2. The third kappa shape index (κ3) is 3.23. The summed E-state index contributed by atoms with van der Waals surface area (Å²) < 4.78 is 0. The van der Waals surface area contributed by atoms with Gasteiger partial charge in [0, 0.05) is 0 Å². The van der Waals surface area contributed by atoms with Crippen LogP contribution >= 0.6 is 0 Å². The molecular weight excluding hydrogens is 254 g/mol. The first kappa shape index (κ1) is 14.8. The molecule has 0 heterocycles. The molecule has 1 heteroatoms. The first-order valence-electron chi connectivity index (χ1n) is 8.70. The van der Waals surface area contributed by atoms with Crippen LogP contribution in [0.1, 0.15) is 63.0 Å². The van der Waals surface area contributed by atoms with Crippen molar-refractivity contribution in [3.8, 4) is 0 Å². The summed E-state index contributed by atoms with van der Waals surface area (Å²) in [7, 11) is 4.48. The van der Waals surface area contributed by atoms with E-state index >= 15 is 0 Å². The van der Waals surface area contributed by atoms with Crippen LogP contribution in [0.2, 0.25) is 0 Å². The van der Waals surface area contributed by atoms with Gasteiger partial charge in [0.2, 0.25) is 0 Å². The predicted octanol–water partition coefficient (Wildman–Crippen LogP) is 5.35. The highest BCUT2D eigenvalue weighted by Crippen LogP contribution is 2.43. The molecule has 3 rings (SSSR count). The third-order valence-electron chi connectivity index (χ3n) is 5.36. The molecule has 21 heavy (non-hydrogen) atoms. The van der Waals surface area contributed by atoms with Crippen molar-refractivity contribution in [3.05, 3.63) is 47.0 Å². The molecule has 0 saturated heterocycles. The third-order valence-corrected chi connectivity index (χ3v) is 5.36. The molecule has 0 radical (unpaired) electrons. The second-order valence-corrected chi connectivity index (χ2v) is 7.02. The Morgan fingerprint density at radius 2 is 1.57 bits per heavy atom. The zero-order chi connectivity index (χ0) is 14.7. The average molecular weight is 283 g/mol. The summed E-state index contributed by atoms with van der Waals surface area (Å²) in [5.41, 5.74) is 5.06. The minimum absolute atomic E-state index is 0.488. The van der Waals surface area contributed by atoms with Gasteiger partial charge < -0.3 is 0 Å². The van der Waals surface area contributed by atoms with Crippen LogP contribution in [0, 0.1) is 5.92 Å². The number of hydrogen-bond donors (Lipinski definition) is 0. The van der Waals surface area contributed by atoms with Crippen LogP contribution in [0.15, 0.2) is 41.5 Å². The van der Waals surface area contributed by atoms with E-state index in [1.165, 1.54) is 56.9 Å². The van der Waals surface area contributed by atoms with Crippen LogP contribution in [0.3, 0.4) is 0 Å². The highest BCUT2D eigenvalue weighted by atomic mass is 15.1. The van der Waals surface area contributed by atoms with E-state index < -0.39 is 0 Å². The highest BCUT2D eigenvalue weighted by molar-refractivity contribution is 5.33. The van der Waals surface area contributed by atoms with E-state index in [9.17, 15) is 0 Å². The van der Waals surface area contributed by atoms with E-state index in [1.54, 1.807) is 5.57 Å². The van der Waals surface area contributed by atoms with Gasteiger partial charge in [0.15, 0.2) is 0 Å². The summed E-state index contributed by atoms with van der Waals surface area (Å²) in [5.74, 6) is 0.895. The van der Waals surface area contributed by atoms with Crippen molar-refractivity contribution < 1.29 is 0 Å². The number of likely N-dealkylation sites (N-methyl/N-ethyl adjacent to an activating group) is 1. The molecule has 0 N–H and O–H groups in total. The molecule has 0 aromatic heterocycles. The first-order valence-corrected chi connectivity index (χ1v) is 8.70. The Hall–Kier alpha value is -1.08.